The van der Waals surface area contributed by atoms with E-state index in [1.54, 1.807) is 0 Å². The molecule has 5 heteroatoms. The molecular formula is C19H19N3OS. The van der Waals surface area contributed by atoms with E-state index in [1.165, 1.54) is 4.90 Å². The van der Waals surface area contributed by atoms with Gasteiger partial charge in [-0.15, -0.1) is 0 Å². The molecule has 0 bridgehead atoms. The molecule has 4 nitrogen and oxygen atoms in total. The summed E-state index contributed by atoms with van der Waals surface area (Å²) in [5.41, 5.74) is 4.46. The summed E-state index contributed by atoms with van der Waals surface area (Å²) in [4.78, 5) is 16.2. The van der Waals surface area contributed by atoms with Gasteiger partial charge in [-0.1, -0.05) is 29.8 Å². The van der Waals surface area contributed by atoms with Gasteiger partial charge in [-0.3, -0.25) is 9.69 Å². The highest BCUT2D eigenvalue weighted by atomic mass is 32.1. The Kier molecular flexibility index (Phi) is 4.36. The smallest absolute Gasteiger partial charge is 0.281 e. The SMILES string of the molecule is Cc1ccc(N2C(=O)C(=Cc3ccc(N(C)C)cc3)NC2=S)cc1. The van der Waals surface area contributed by atoms with E-state index < -0.39 is 0 Å². The summed E-state index contributed by atoms with van der Waals surface area (Å²) in [6.07, 6.45) is 1.82. The van der Waals surface area contributed by atoms with Gasteiger partial charge >= 0.3 is 0 Å². The van der Waals surface area contributed by atoms with Crippen molar-refractivity contribution in [3.63, 3.8) is 0 Å². The third-order valence-corrected chi connectivity index (χ3v) is 4.18. The van der Waals surface area contributed by atoms with Crippen LogP contribution in [0.15, 0.2) is 54.2 Å². The lowest BCUT2D eigenvalue weighted by molar-refractivity contribution is -0.113. The van der Waals surface area contributed by atoms with Crippen molar-refractivity contribution in [2.24, 2.45) is 0 Å². The first-order valence-electron chi connectivity index (χ1n) is 7.67. The maximum absolute atomic E-state index is 12.7. The second-order valence-electron chi connectivity index (χ2n) is 5.95. The molecular weight excluding hydrogens is 318 g/mol. The lowest BCUT2D eigenvalue weighted by Crippen LogP contribution is -2.30. The molecule has 1 heterocycles. The molecule has 0 radical (unpaired) electrons. The molecule has 1 fully saturated rings. The molecule has 0 unspecified atom stereocenters. The fourth-order valence-corrected chi connectivity index (χ4v) is 2.80. The Morgan fingerprint density at radius 1 is 1.04 bits per heavy atom. The summed E-state index contributed by atoms with van der Waals surface area (Å²) < 4.78 is 0. The van der Waals surface area contributed by atoms with Crippen LogP contribution >= 0.6 is 12.2 Å². The van der Waals surface area contributed by atoms with E-state index in [2.05, 4.69) is 5.32 Å². The Morgan fingerprint density at radius 3 is 2.25 bits per heavy atom. The fourth-order valence-electron chi connectivity index (χ4n) is 2.50. The van der Waals surface area contributed by atoms with Gasteiger partial charge in [0.25, 0.3) is 5.91 Å². The zero-order valence-corrected chi connectivity index (χ0v) is 14.7. The molecule has 24 heavy (non-hydrogen) atoms. The monoisotopic (exact) mass is 337 g/mol. The van der Waals surface area contributed by atoms with Crippen LogP contribution in [0.4, 0.5) is 11.4 Å². The van der Waals surface area contributed by atoms with Crippen LogP contribution in [0.2, 0.25) is 0 Å². The van der Waals surface area contributed by atoms with E-state index in [0.29, 0.717) is 10.8 Å². The van der Waals surface area contributed by atoms with Crippen molar-refractivity contribution in [3.8, 4) is 0 Å². The van der Waals surface area contributed by atoms with Gasteiger partial charge in [0.15, 0.2) is 5.11 Å². The number of carbonyl (C=O) groups is 1. The maximum Gasteiger partial charge on any atom is 0.281 e. The highest BCUT2D eigenvalue weighted by Gasteiger charge is 2.31. The summed E-state index contributed by atoms with van der Waals surface area (Å²) in [7, 11) is 3.99. The van der Waals surface area contributed by atoms with E-state index in [-0.39, 0.29) is 5.91 Å². The number of amides is 1. The number of nitrogens with one attached hydrogen (secondary N) is 1. The standard InChI is InChI=1S/C19H19N3OS/c1-13-4-8-16(9-5-13)22-18(23)17(20-19(22)24)12-14-6-10-15(11-7-14)21(2)3/h4-12H,1-3H3,(H,20,24). The Labute approximate surface area is 147 Å². The Bertz CT molecular complexity index is 808. The quantitative estimate of drug-likeness (QED) is 0.688. The first-order chi connectivity index (χ1) is 11.5. The van der Waals surface area contributed by atoms with E-state index in [4.69, 9.17) is 12.2 Å². The third-order valence-electron chi connectivity index (χ3n) is 3.89. The number of anilines is 2. The number of carbonyl (C=O) groups excluding carboxylic acids is 1. The average molecular weight is 337 g/mol. The van der Waals surface area contributed by atoms with Crippen molar-refractivity contribution in [1.29, 1.82) is 0 Å². The predicted octanol–water partition coefficient (Wildman–Crippen LogP) is 3.32. The molecule has 1 aliphatic heterocycles. The molecule has 122 valence electrons. The lowest BCUT2D eigenvalue weighted by atomic mass is 10.1. The number of hydrogen-bond donors (Lipinski definition) is 1. The van der Waals surface area contributed by atoms with Gasteiger partial charge in [0.05, 0.1) is 5.69 Å². The van der Waals surface area contributed by atoms with Crippen LogP contribution in [0, 0.1) is 6.92 Å². The second-order valence-corrected chi connectivity index (χ2v) is 6.34. The number of rotatable bonds is 3. The zero-order valence-electron chi connectivity index (χ0n) is 13.9. The van der Waals surface area contributed by atoms with Crippen LogP contribution in [0.1, 0.15) is 11.1 Å². The molecule has 2 aromatic carbocycles. The molecule has 0 aromatic heterocycles. The van der Waals surface area contributed by atoms with E-state index in [1.807, 2.05) is 80.5 Å². The summed E-state index contributed by atoms with van der Waals surface area (Å²) >= 11 is 5.33. The second kappa shape index (κ2) is 6.45. The molecule has 0 atom stereocenters. The van der Waals surface area contributed by atoms with Crippen LogP contribution < -0.4 is 15.1 Å². The van der Waals surface area contributed by atoms with Crippen molar-refractivity contribution in [2.75, 3.05) is 23.9 Å². The molecule has 3 rings (SSSR count). The largest absolute Gasteiger partial charge is 0.378 e. The highest BCUT2D eigenvalue weighted by Crippen LogP contribution is 2.23. The molecule has 0 spiro atoms. The number of benzene rings is 2. The fraction of sp³-hybridized carbons (Fsp3) is 0.158. The summed E-state index contributed by atoms with van der Waals surface area (Å²) in [5.74, 6) is -0.138. The van der Waals surface area contributed by atoms with Crippen LogP contribution in [-0.2, 0) is 4.79 Å². The zero-order chi connectivity index (χ0) is 17.3. The Morgan fingerprint density at radius 2 is 1.67 bits per heavy atom. The summed E-state index contributed by atoms with van der Waals surface area (Å²) in [5, 5.41) is 3.41. The average Bonchev–Trinajstić information content (AvgIpc) is 2.83. The van der Waals surface area contributed by atoms with Gasteiger partial charge in [-0.05, 0) is 55.0 Å². The maximum atomic E-state index is 12.7. The van der Waals surface area contributed by atoms with E-state index >= 15 is 0 Å². The normalized spacial score (nSPS) is 15.8. The number of nitrogens with zero attached hydrogens (tertiary/aromatic N) is 2. The van der Waals surface area contributed by atoms with Crippen LogP contribution in [0.3, 0.4) is 0 Å². The van der Waals surface area contributed by atoms with Crippen LogP contribution in [-0.4, -0.2) is 25.1 Å². The molecule has 1 amide bonds. The Hall–Kier alpha value is -2.66. The first kappa shape index (κ1) is 16.2. The number of hydrogen-bond acceptors (Lipinski definition) is 3. The van der Waals surface area contributed by atoms with Crippen LogP contribution in [0.5, 0.6) is 0 Å². The van der Waals surface area contributed by atoms with Gasteiger partial charge in [-0.25, -0.2) is 0 Å². The van der Waals surface area contributed by atoms with Crippen molar-refractivity contribution in [1.82, 2.24) is 5.32 Å². The molecule has 1 aliphatic rings. The van der Waals surface area contributed by atoms with Crippen molar-refractivity contribution in [2.45, 2.75) is 6.92 Å². The van der Waals surface area contributed by atoms with Gasteiger partial charge in [0.2, 0.25) is 0 Å². The minimum Gasteiger partial charge on any atom is -0.378 e. The topological polar surface area (TPSA) is 35.6 Å². The number of thiocarbonyl (C=S) groups is 1. The minimum absolute atomic E-state index is 0.138. The summed E-state index contributed by atoms with van der Waals surface area (Å²) in [6.45, 7) is 2.01. The molecule has 0 saturated carbocycles. The van der Waals surface area contributed by atoms with Gasteiger partial charge in [0, 0.05) is 19.8 Å². The molecule has 0 aliphatic carbocycles. The van der Waals surface area contributed by atoms with Gasteiger partial charge in [-0.2, -0.15) is 0 Å². The lowest BCUT2D eigenvalue weighted by Gasteiger charge is -2.14. The van der Waals surface area contributed by atoms with Gasteiger partial charge < -0.3 is 10.2 Å². The van der Waals surface area contributed by atoms with E-state index in [9.17, 15) is 4.79 Å². The van der Waals surface area contributed by atoms with Crippen molar-refractivity contribution >= 4 is 40.7 Å². The Balaban J connectivity index is 1.86. The number of aryl methyl sites for hydroxylation is 1. The van der Waals surface area contributed by atoms with Gasteiger partial charge in [0.1, 0.15) is 5.70 Å². The first-order valence-corrected chi connectivity index (χ1v) is 8.08. The summed E-state index contributed by atoms with van der Waals surface area (Å²) in [6, 6.07) is 15.7. The third kappa shape index (κ3) is 3.16. The van der Waals surface area contributed by atoms with E-state index in [0.717, 1.165) is 22.5 Å². The van der Waals surface area contributed by atoms with Crippen molar-refractivity contribution in [3.05, 3.63) is 65.4 Å². The van der Waals surface area contributed by atoms with Crippen LogP contribution in [0.25, 0.3) is 6.08 Å². The molecule has 2 aromatic rings. The molecule has 1 N–H and O–H groups in total. The highest BCUT2D eigenvalue weighted by molar-refractivity contribution is 7.80. The minimum atomic E-state index is -0.138. The predicted molar refractivity (Wildman–Crippen MR) is 103 cm³/mol. The van der Waals surface area contributed by atoms with Crippen molar-refractivity contribution < 1.29 is 4.79 Å². The molecule has 1 saturated heterocycles.